The average molecular weight is 500 g/mol. The summed E-state index contributed by atoms with van der Waals surface area (Å²) in [7, 11) is 1.55. The molecule has 184 valence electrons. The second-order valence-corrected chi connectivity index (χ2v) is 9.00. The Morgan fingerprint density at radius 1 is 1.31 bits per heavy atom. The molecule has 3 aromatic rings. The van der Waals surface area contributed by atoms with Crippen LogP contribution in [0.4, 0.5) is 10.6 Å². The normalized spacial score (nSPS) is 15.0. The van der Waals surface area contributed by atoms with Crippen molar-refractivity contribution >= 4 is 34.6 Å². The van der Waals surface area contributed by atoms with Crippen molar-refractivity contribution in [3.63, 3.8) is 0 Å². The highest BCUT2D eigenvalue weighted by Crippen LogP contribution is 2.44. The lowest BCUT2D eigenvalue weighted by molar-refractivity contribution is -0.176. The van der Waals surface area contributed by atoms with Gasteiger partial charge in [0.05, 0.1) is 40.9 Å². The number of rotatable bonds is 6. The third kappa shape index (κ3) is 4.42. The summed E-state index contributed by atoms with van der Waals surface area (Å²) >= 11 is 6.57. The van der Waals surface area contributed by atoms with Gasteiger partial charge in [-0.25, -0.2) is 19.4 Å². The van der Waals surface area contributed by atoms with Crippen LogP contribution in [-0.2, 0) is 9.57 Å². The van der Waals surface area contributed by atoms with Gasteiger partial charge in [-0.05, 0) is 33.8 Å². The Morgan fingerprint density at radius 3 is 2.66 bits per heavy atom. The first-order chi connectivity index (χ1) is 16.7. The van der Waals surface area contributed by atoms with E-state index in [2.05, 4.69) is 21.1 Å². The highest BCUT2D eigenvalue weighted by molar-refractivity contribution is 6.32. The number of nitriles is 1. The summed E-state index contributed by atoms with van der Waals surface area (Å²) in [6.45, 7) is 7.98. The van der Waals surface area contributed by atoms with Crippen LogP contribution in [0, 0.1) is 18.3 Å². The van der Waals surface area contributed by atoms with Crippen molar-refractivity contribution in [1.29, 1.82) is 5.26 Å². The van der Waals surface area contributed by atoms with Gasteiger partial charge in [0.2, 0.25) is 0 Å². The van der Waals surface area contributed by atoms with E-state index in [4.69, 9.17) is 31.6 Å². The van der Waals surface area contributed by atoms with E-state index in [1.54, 1.807) is 31.7 Å². The third-order valence-electron chi connectivity index (χ3n) is 5.92. The summed E-state index contributed by atoms with van der Waals surface area (Å²) in [6.07, 6.45) is 0.335. The minimum absolute atomic E-state index is 0.148. The summed E-state index contributed by atoms with van der Waals surface area (Å²) in [5, 5.41) is 17.0. The average Bonchev–Trinajstić information content (AvgIpc) is 3.12. The van der Waals surface area contributed by atoms with Gasteiger partial charge in [0, 0.05) is 30.1 Å². The van der Waals surface area contributed by atoms with Crippen molar-refractivity contribution in [2.75, 3.05) is 25.9 Å². The number of ether oxygens (including phenoxy) is 2. The maximum Gasteiger partial charge on any atom is 0.528 e. The molecule has 1 unspecified atom stereocenters. The van der Waals surface area contributed by atoms with Gasteiger partial charge in [0.1, 0.15) is 24.0 Å². The lowest BCUT2D eigenvalue weighted by Crippen LogP contribution is -2.46. The molecule has 1 saturated heterocycles. The van der Waals surface area contributed by atoms with Crippen molar-refractivity contribution in [3.8, 4) is 11.8 Å². The van der Waals surface area contributed by atoms with Crippen LogP contribution in [-0.4, -0.2) is 57.3 Å². The van der Waals surface area contributed by atoms with Crippen molar-refractivity contribution in [2.24, 2.45) is 0 Å². The number of carbonyl (C=O) groups excluding carboxylic acids is 1. The number of aryl methyl sites for hydroxylation is 1. The van der Waals surface area contributed by atoms with Crippen LogP contribution in [0.25, 0.3) is 11.0 Å². The predicted octanol–water partition coefficient (Wildman–Crippen LogP) is 3.74. The van der Waals surface area contributed by atoms with Gasteiger partial charge in [-0.1, -0.05) is 11.6 Å². The zero-order valence-electron chi connectivity index (χ0n) is 20.1. The van der Waals surface area contributed by atoms with Gasteiger partial charge in [0.15, 0.2) is 5.65 Å². The quantitative estimate of drug-likeness (QED) is 0.498. The van der Waals surface area contributed by atoms with Gasteiger partial charge >= 0.3 is 6.16 Å². The summed E-state index contributed by atoms with van der Waals surface area (Å²) in [6, 6.07) is 3.56. The predicted molar refractivity (Wildman–Crippen MR) is 128 cm³/mol. The maximum absolute atomic E-state index is 11.8. The van der Waals surface area contributed by atoms with Crippen molar-refractivity contribution in [3.05, 3.63) is 39.8 Å². The second kappa shape index (κ2) is 9.56. The lowest BCUT2D eigenvalue weighted by Gasteiger charge is -2.38. The molecule has 35 heavy (non-hydrogen) atoms. The summed E-state index contributed by atoms with van der Waals surface area (Å²) < 4.78 is 12.6. The summed E-state index contributed by atoms with van der Waals surface area (Å²) in [5.74, 6) is 0.725. The fraction of sp³-hybridized carbons (Fsp3) is 0.435. The first-order valence-electron chi connectivity index (χ1n) is 11.0. The van der Waals surface area contributed by atoms with Gasteiger partial charge in [0.25, 0.3) is 0 Å². The number of methoxy groups -OCH3 is 1. The Kier molecular flexibility index (Phi) is 6.69. The fourth-order valence-corrected chi connectivity index (χ4v) is 4.56. The van der Waals surface area contributed by atoms with E-state index in [-0.39, 0.29) is 18.1 Å². The van der Waals surface area contributed by atoms with Crippen LogP contribution in [0.1, 0.15) is 55.1 Å². The first kappa shape index (κ1) is 24.5. The molecule has 1 aromatic carbocycles. The Morgan fingerprint density at radius 2 is 2.03 bits per heavy atom. The number of nitrogens with two attached hydrogens (primary N) is 1. The minimum atomic E-state index is -0.770. The number of nitrogen functional groups attached to an aromatic ring is 1. The molecule has 0 spiro atoms. The smallest absolute Gasteiger partial charge is 0.496 e. The number of hydrogen-bond acceptors (Lipinski definition) is 10. The molecule has 0 amide bonds. The molecule has 4 rings (SSSR count). The van der Waals surface area contributed by atoms with Crippen LogP contribution in [0.5, 0.6) is 5.75 Å². The molecule has 2 N–H and O–H groups in total. The van der Waals surface area contributed by atoms with E-state index >= 15 is 0 Å². The number of hydrogen-bond donors (Lipinski definition) is 1. The minimum Gasteiger partial charge on any atom is -0.496 e. The number of aromatic nitrogens is 4. The van der Waals surface area contributed by atoms with Crippen molar-refractivity contribution < 1.29 is 19.1 Å². The standard InChI is InChI=1S/C23H26ClN7O4/c1-11(2)34-23(32)35-30-8-14(9-30)19-16(7-25)17(24)6-15(20(19)33-5)13(4)31-22-18(12(3)29-31)21(26)27-10-28-22/h6,10-11,13-14H,8-9H2,1-5H3,(H2,26,27,28). The van der Waals surface area contributed by atoms with E-state index in [0.29, 0.717) is 57.5 Å². The molecule has 1 aliphatic heterocycles. The number of anilines is 1. The molecule has 3 heterocycles. The van der Waals surface area contributed by atoms with Crippen molar-refractivity contribution in [2.45, 2.75) is 45.8 Å². The molecule has 0 bridgehead atoms. The van der Waals surface area contributed by atoms with Crippen LogP contribution >= 0.6 is 11.6 Å². The molecule has 1 aliphatic rings. The SMILES string of the molecule is COc1c(C(C)n2nc(C)c3c(N)ncnc32)cc(Cl)c(C#N)c1C1CN(OC(=O)OC(C)C)C1. The van der Waals surface area contributed by atoms with Gasteiger partial charge in [-0.15, -0.1) is 5.06 Å². The Bertz CT molecular complexity index is 1330. The molecule has 11 nitrogen and oxygen atoms in total. The number of fused-ring (bicyclic) bond motifs is 1. The Hall–Kier alpha value is -3.62. The van der Waals surface area contributed by atoms with E-state index in [1.165, 1.54) is 11.4 Å². The van der Waals surface area contributed by atoms with Crippen LogP contribution in [0.3, 0.4) is 0 Å². The largest absolute Gasteiger partial charge is 0.528 e. The molecule has 0 aliphatic carbocycles. The van der Waals surface area contributed by atoms with Crippen LogP contribution < -0.4 is 10.5 Å². The molecule has 2 aromatic heterocycles. The molecular weight excluding hydrogens is 474 g/mol. The number of carbonyl (C=O) groups is 1. The van der Waals surface area contributed by atoms with E-state index in [1.807, 2.05) is 13.8 Å². The highest BCUT2D eigenvalue weighted by atomic mass is 35.5. The summed E-state index contributed by atoms with van der Waals surface area (Å²) in [5.41, 5.74) is 9.04. The number of nitrogens with zero attached hydrogens (tertiary/aromatic N) is 6. The number of hydroxylamine groups is 2. The maximum atomic E-state index is 11.8. The van der Waals surface area contributed by atoms with Crippen LogP contribution in [0.2, 0.25) is 5.02 Å². The van der Waals surface area contributed by atoms with E-state index in [0.717, 1.165) is 5.56 Å². The molecule has 1 fully saturated rings. The topological polar surface area (TPSA) is 141 Å². The van der Waals surface area contributed by atoms with Gasteiger partial charge < -0.3 is 20.0 Å². The molecule has 0 saturated carbocycles. The van der Waals surface area contributed by atoms with E-state index < -0.39 is 6.16 Å². The van der Waals surface area contributed by atoms with Gasteiger partial charge in [-0.2, -0.15) is 10.4 Å². The molecular formula is C23H26ClN7O4. The Balaban J connectivity index is 1.71. The molecule has 1 atom stereocenters. The van der Waals surface area contributed by atoms with E-state index in [9.17, 15) is 10.1 Å². The number of benzene rings is 1. The second-order valence-electron chi connectivity index (χ2n) is 8.60. The zero-order chi connectivity index (χ0) is 25.4. The fourth-order valence-electron chi connectivity index (χ4n) is 4.30. The highest BCUT2D eigenvalue weighted by Gasteiger charge is 2.38. The number of halogens is 1. The molecule has 12 heteroatoms. The summed E-state index contributed by atoms with van der Waals surface area (Å²) in [4.78, 5) is 25.5. The monoisotopic (exact) mass is 499 g/mol. The third-order valence-corrected chi connectivity index (χ3v) is 6.21. The molecule has 0 radical (unpaired) electrons. The van der Waals surface area contributed by atoms with Crippen molar-refractivity contribution in [1.82, 2.24) is 24.8 Å². The Labute approximate surface area is 207 Å². The van der Waals surface area contributed by atoms with Crippen LogP contribution in [0.15, 0.2) is 12.4 Å². The van der Waals surface area contributed by atoms with Gasteiger partial charge in [-0.3, -0.25) is 0 Å². The zero-order valence-corrected chi connectivity index (χ0v) is 20.8. The lowest BCUT2D eigenvalue weighted by atomic mass is 9.86. The first-order valence-corrected chi connectivity index (χ1v) is 11.4.